The van der Waals surface area contributed by atoms with Gasteiger partial charge in [-0.25, -0.2) is 0 Å². The molecule has 2 aromatic rings. The summed E-state index contributed by atoms with van der Waals surface area (Å²) in [6.07, 6.45) is 3.52. The van der Waals surface area contributed by atoms with Crippen LogP contribution in [0.15, 0.2) is 12.4 Å². The van der Waals surface area contributed by atoms with Crippen molar-refractivity contribution in [2.75, 3.05) is 0 Å². The number of nitrogens with zero attached hydrogens (tertiary/aromatic N) is 4. The van der Waals surface area contributed by atoms with Crippen LogP contribution in [0.5, 0.6) is 0 Å². The van der Waals surface area contributed by atoms with E-state index >= 15 is 0 Å². The third-order valence-corrected chi connectivity index (χ3v) is 2.14. The minimum Gasteiger partial charge on any atom is -0.319 e. The van der Waals surface area contributed by atoms with Crippen LogP contribution in [-0.2, 0) is 7.05 Å². The molecule has 1 atom stereocenters. The van der Waals surface area contributed by atoms with E-state index in [1.165, 1.54) is 0 Å². The summed E-state index contributed by atoms with van der Waals surface area (Å²) < 4.78 is 1.74. The number of nitrogens with two attached hydrogens (primary N) is 1. The van der Waals surface area contributed by atoms with Crippen LogP contribution >= 0.6 is 0 Å². The zero-order chi connectivity index (χ0) is 10.1. The van der Waals surface area contributed by atoms with E-state index in [2.05, 4.69) is 20.5 Å². The number of hydrogen-bond donors (Lipinski definition) is 2. The molecule has 3 N–H and O–H groups in total. The third-order valence-electron chi connectivity index (χ3n) is 2.14. The van der Waals surface area contributed by atoms with Gasteiger partial charge in [-0.1, -0.05) is 0 Å². The Morgan fingerprint density at radius 3 is 2.86 bits per heavy atom. The lowest BCUT2D eigenvalue weighted by Gasteiger charge is -2.05. The average molecular weight is 192 g/mol. The highest BCUT2D eigenvalue weighted by molar-refractivity contribution is 5.26. The van der Waals surface area contributed by atoms with Crippen molar-refractivity contribution in [1.82, 2.24) is 25.2 Å². The summed E-state index contributed by atoms with van der Waals surface area (Å²) in [5.41, 5.74) is 8.62. The van der Waals surface area contributed by atoms with E-state index in [-0.39, 0.29) is 6.04 Å². The lowest BCUT2D eigenvalue weighted by Crippen LogP contribution is -2.12. The zero-order valence-corrected chi connectivity index (χ0v) is 8.10. The Labute approximate surface area is 81.1 Å². The molecule has 0 radical (unpaired) electrons. The van der Waals surface area contributed by atoms with Crippen molar-refractivity contribution >= 4 is 0 Å². The number of H-pyrrole nitrogens is 1. The van der Waals surface area contributed by atoms with Crippen LogP contribution in [0.1, 0.15) is 23.0 Å². The van der Waals surface area contributed by atoms with Crippen LogP contribution in [-0.4, -0.2) is 25.2 Å². The Balaban J connectivity index is 2.36. The maximum atomic E-state index is 6.00. The highest BCUT2D eigenvalue weighted by Gasteiger charge is 2.16. The molecule has 0 aromatic carbocycles. The number of nitrogens with one attached hydrogen (secondary N) is 1. The summed E-state index contributed by atoms with van der Waals surface area (Å²) in [5, 5.41) is 14.4. The van der Waals surface area contributed by atoms with Crippen LogP contribution in [0, 0.1) is 6.92 Å². The molecule has 0 fully saturated rings. The first kappa shape index (κ1) is 8.89. The summed E-state index contributed by atoms with van der Waals surface area (Å²) in [6.45, 7) is 1.93. The molecule has 0 amide bonds. The Morgan fingerprint density at radius 2 is 2.36 bits per heavy atom. The highest BCUT2D eigenvalue weighted by Crippen LogP contribution is 2.18. The number of aryl methyl sites for hydroxylation is 2. The lowest BCUT2D eigenvalue weighted by atomic mass is 10.1. The van der Waals surface area contributed by atoms with E-state index in [4.69, 9.17) is 5.73 Å². The van der Waals surface area contributed by atoms with Crippen molar-refractivity contribution in [2.24, 2.45) is 12.8 Å². The molecule has 0 aliphatic rings. The van der Waals surface area contributed by atoms with Crippen LogP contribution < -0.4 is 5.73 Å². The minimum absolute atomic E-state index is 0.262. The van der Waals surface area contributed by atoms with Gasteiger partial charge in [-0.05, 0) is 6.92 Å². The highest BCUT2D eigenvalue weighted by atomic mass is 15.3. The molecule has 2 aromatic heterocycles. The topological polar surface area (TPSA) is 85.4 Å². The predicted molar refractivity (Wildman–Crippen MR) is 50.4 cm³/mol. The SMILES string of the molecule is Cc1nn(C)cc1C(N)c1cn[nH]n1. The normalized spacial score (nSPS) is 13.1. The summed E-state index contributed by atoms with van der Waals surface area (Å²) >= 11 is 0. The molecular weight excluding hydrogens is 180 g/mol. The van der Waals surface area contributed by atoms with Crippen molar-refractivity contribution in [3.05, 3.63) is 29.3 Å². The second-order valence-corrected chi connectivity index (χ2v) is 3.22. The third kappa shape index (κ3) is 1.39. The molecule has 1 unspecified atom stereocenters. The molecule has 0 saturated carbocycles. The fourth-order valence-corrected chi connectivity index (χ4v) is 1.44. The van der Waals surface area contributed by atoms with Gasteiger partial charge in [0.25, 0.3) is 0 Å². The lowest BCUT2D eigenvalue weighted by molar-refractivity contribution is 0.755. The van der Waals surface area contributed by atoms with Gasteiger partial charge in [-0.15, -0.1) is 0 Å². The minimum atomic E-state index is -0.262. The monoisotopic (exact) mass is 192 g/mol. The molecule has 2 rings (SSSR count). The molecule has 0 aliphatic heterocycles. The van der Waals surface area contributed by atoms with Gasteiger partial charge in [-0.3, -0.25) is 4.68 Å². The molecular formula is C8H12N6. The van der Waals surface area contributed by atoms with Crippen molar-refractivity contribution in [3.8, 4) is 0 Å². The standard InChI is InChI=1S/C8H12N6/c1-5-6(4-14(2)12-5)8(9)7-3-10-13-11-7/h3-4,8H,9H2,1-2H3,(H,10,11,13). The van der Waals surface area contributed by atoms with E-state index in [1.54, 1.807) is 10.9 Å². The fourth-order valence-electron chi connectivity index (χ4n) is 1.44. The van der Waals surface area contributed by atoms with Crippen molar-refractivity contribution in [1.29, 1.82) is 0 Å². The second kappa shape index (κ2) is 3.22. The molecule has 2 heterocycles. The first-order valence-corrected chi connectivity index (χ1v) is 4.30. The van der Waals surface area contributed by atoms with Crippen molar-refractivity contribution in [2.45, 2.75) is 13.0 Å². The predicted octanol–water partition coefficient (Wildman–Crippen LogP) is -0.105. The average Bonchev–Trinajstić information content (AvgIpc) is 2.73. The van der Waals surface area contributed by atoms with Gasteiger partial charge < -0.3 is 5.73 Å². The van der Waals surface area contributed by atoms with E-state index in [0.29, 0.717) is 0 Å². The number of aromatic amines is 1. The molecule has 0 spiro atoms. The van der Waals surface area contributed by atoms with Gasteiger partial charge >= 0.3 is 0 Å². The maximum Gasteiger partial charge on any atom is 0.104 e. The number of rotatable bonds is 2. The molecule has 6 nitrogen and oxygen atoms in total. The Morgan fingerprint density at radius 1 is 1.57 bits per heavy atom. The fraction of sp³-hybridized carbons (Fsp3) is 0.375. The van der Waals surface area contributed by atoms with E-state index in [1.807, 2.05) is 20.2 Å². The zero-order valence-electron chi connectivity index (χ0n) is 8.10. The van der Waals surface area contributed by atoms with Crippen LogP contribution in [0.4, 0.5) is 0 Å². The molecule has 0 saturated heterocycles. The Kier molecular flexibility index (Phi) is 2.05. The first-order chi connectivity index (χ1) is 6.68. The number of aromatic nitrogens is 5. The summed E-state index contributed by atoms with van der Waals surface area (Å²) in [7, 11) is 1.87. The first-order valence-electron chi connectivity index (χ1n) is 4.30. The van der Waals surface area contributed by atoms with Crippen LogP contribution in [0.2, 0.25) is 0 Å². The number of hydrogen-bond acceptors (Lipinski definition) is 4. The van der Waals surface area contributed by atoms with Gasteiger partial charge in [0.15, 0.2) is 0 Å². The van der Waals surface area contributed by atoms with Crippen molar-refractivity contribution in [3.63, 3.8) is 0 Å². The Hall–Kier alpha value is -1.69. The van der Waals surface area contributed by atoms with Gasteiger partial charge in [0.2, 0.25) is 0 Å². The van der Waals surface area contributed by atoms with E-state index < -0.39 is 0 Å². The summed E-state index contributed by atoms with van der Waals surface area (Å²) in [4.78, 5) is 0. The molecule has 74 valence electrons. The largest absolute Gasteiger partial charge is 0.319 e. The van der Waals surface area contributed by atoms with Crippen LogP contribution in [0.25, 0.3) is 0 Å². The van der Waals surface area contributed by atoms with Crippen LogP contribution in [0.3, 0.4) is 0 Å². The van der Waals surface area contributed by atoms with E-state index in [0.717, 1.165) is 17.0 Å². The molecule has 6 heteroatoms. The second-order valence-electron chi connectivity index (χ2n) is 3.22. The molecule has 0 aliphatic carbocycles. The molecule has 0 bridgehead atoms. The smallest absolute Gasteiger partial charge is 0.104 e. The van der Waals surface area contributed by atoms with E-state index in [9.17, 15) is 0 Å². The summed E-state index contributed by atoms with van der Waals surface area (Å²) in [6, 6.07) is -0.262. The van der Waals surface area contributed by atoms with Crippen molar-refractivity contribution < 1.29 is 0 Å². The van der Waals surface area contributed by atoms with Gasteiger partial charge in [0, 0.05) is 18.8 Å². The summed E-state index contributed by atoms with van der Waals surface area (Å²) in [5.74, 6) is 0. The van der Waals surface area contributed by atoms with Gasteiger partial charge in [-0.2, -0.15) is 20.5 Å². The maximum absolute atomic E-state index is 6.00. The quantitative estimate of drug-likeness (QED) is 0.695. The Bertz CT molecular complexity index is 415. The molecule has 14 heavy (non-hydrogen) atoms. The van der Waals surface area contributed by atoms with Gasteiger partial charge in [0.05, 0.1) is 17.9 Å². The van der Waals surface area contributed by atoms with Gasteiger partial charge in [0.1, 0.15) is 5.69 Å².